The number of nitrogens with one attached hydrogen (secondary N) is 1. The maximum Gasteiger partial charge on any atom is 0.0303 e. The molecule has 2 rings (SSSR count). The molecule has 0 radical (unpaired) electrons. The molecule has 0 amide bonds. The van der Waals surface area contributed by atoms with Crippen LogP contribution >= 0.6 is 11.3 Å². The van der Waals surface area contributed by atoms with Gasteiger partial charge in [0, 0.05) is 22.3 Å². The van der Waals surface area contributed by atoms with E-state index < -0.39 is 0 Å². The molecule has 1 fully saturated rings. The van der Waals surface area contributed by atoms with Crippen molar-refractivity contribution in [3.05, 3.63) is 21.4 Å². The number of hydrogen-bond acceptors (Lipinski definition) is 2. The molecule has 2 heteroatoms. The van der Waals surface area contributed by atoms with E-state index in [0.717, 1.165) is 0 Å². The molecule has 1 unspecified atom stereocenters. The molecule has 96 valence electrons. The Bertz CT molecular complexity index is 376. The van der Waals surface area contributed by atoms with Gasteiger partial charge in [-0.1, -0.05) is 13.3 Å². The van der Waals surface area contributed by atoms with Gasteiger partial charge in [-0.3, -0.25) is 0 Å². The van der Waals surface area contributed by atoms with E-state index in [0.29, 0.717) is 11.5 Å². The second kappa shape index (κ2) is 5.11. The lowest BCUT2D eigenvalue weighted by atomic mass is 9.99. The van der Waals surface area contributed by atoms with Crippen LogP contribution in [0.15, 0.2) is 6.07 Å². The smallest absolute Gasteiger partial charge is 0.0303 e. The Hall–Kier alpha value is -0.340. The molecule has 1 heterocycles. The molecule has 1 aromatic rings. The van der Waals surface area contributed by atoms with Crippen molar-refractivity contribution in [3.63, 3.8) is 0 Å². The molecular formula is C15H25NS. The minimum atomic E-state index is 0.509. The van der Waals surface area contributed by atoms with E-state index in [1.165, 1.54) is 47.5 Å². The van der Waals surface area contributed by atoms with Crippen molar-refractivity contribution in [1.82, 2.24) is 5.32 Å². The molecule has 1 aliphatic carbocycles. The van der Waals surface area contributed by atoms with Crippen LogP contribution < -0.4 is 5.32 Å². The topological polar surface area (TPSA) is 12.0 Å². The summed E-state index contributed by atoms with van der Waals surface area (Å²) in [6, 6.07) is 2.85. The summed E-state index contributed by atoms with van der Waals surface area (Å²) in [5.74, 6) is 0. The number of hydrogen-bond donors (Lipinski definition) is 1. The maximum atomic E-state index is 3.75. The van der Waals surface area contributed by atoms with Crippen LogP contribution in [0.1, 0.15) is 60.9 Å². The minimum Gasteiger partial charge on any atom is -0.310 e. The summed E-state index contributed by atoms with van der Waals surface area (Å²) < 4.78 is 0. The summed E-state index contributed by atoms with van der Waals surface area (Å²) in [6.07, 6.45) is 5.59. The van der Waals surface area contributed by atoms with Crippen molar-refractivity contribution in [1.29, 1.82) is 0 Å². The van der Waals surface area contributed by atoms with Crippen LogP contribution in [-0.2, 0) is 0 Å². The van der Waals surface area contributed by atoms with Crippen LogP contribution in [0.5, 0.6) is 0 Å². The molecule has 1 atom stereocenters. The van der Waals surface area contributed by atoms with Gasteiger partial charge in [0.1, 0.15) is 0 Å². The molecule has 0 aromatic carbocycles. The average Bonchev–Trinajstić information content (AvgIpc) is 2.95. The van der Waals surface area contributed by atoms with E-state index >= 15 is 0 Å². The lowest BCUT2D eigenvalue weighted by Crippen LogP contribution is -2.26. The molecule has 1 nitrogen and oxygen atoms in total. The first-order chi connectivity index (χ1) is 8.06. The monoisotopic (exact) mass is 251 g/mol. The Labute approximate surface area is 110 Å². The Kier molecular flexibility index (Phi) is 3.94. The van der Waals surface area contributed by atoms with Gasteiger partial charge in [0.15, 0.2) is 0 Å². The highest BCUT2D eigenvalue weighted by molar-refractivity contribution is 7.12. The van der Waals surface area contributed by atoms with Crippen molar-refractivity contribution in [2.24, 2.45) is 5.41 Å². The fourth-order valence-corrected chi connectivity index (χ4v) is 3.80. The molecule has 1 aromatic heterocycles. The van der Waals surface area contributed by atoms with Gasteiger partial charge in [0.05, 0.1) is 0 Å². The second-order valence-electron chi connectivity index (χ2n) is 5.72. The van der Waals surface area contributed by atoms with Crippen LogP contribution in [0.3, 0.4) is 0 Å². The van der Waals surface area contributed by atoms with Crippen LogP contribution in [0, 0.1) is 19.3 Å². The molecule has 1 N–H and O–H groups in total. The Morgan fingerprint density at radius 1 is 1.41 bits per heavy atom. The average molecular weight is 251 g/mol. The SMILES string of the molecule is CCCC1(CNC(C)c2cc(C)sc2C)CC1. The lowest BCUT2D eigenvalue weighted by molar-refractivity contribution is 0.397. The zero-order valence-corrected chi connectivity index (χ0v) is 12.4. The zero-order chi connectivity index (χ0) is 12.5. The van der Waals surface area contributed by atoms with Crippen LogP contribution in [0.2, 0.25) is 0 Å². The van der Waals surface area contributed by atoms with E-state index in [4.69, 9.17) is 0 Å². The second-order valence-corrected chi connectivity index (χ2v) is 7.18. The Morgan fingerprint density at radius 3 is 2.59 bits per heavy atom. The molecule has 0 spiro atoms. The number of thiophene rings is 1. The third kappa shape index (κ3) is 3.11. The summed E-state index contributed by atoms with van der Waals surface area (Å²) in [5, 5.41) is 3.75. The third-order valence-electron chi connectivity index (χ3n) is 4.07. The van der Waals surface area contributed by atoms with Crippen molar-refractivity contribution in [2.75, 3.05) is 6.54 Å². The molecule has 0 saturated heterocycles. The van der Waals surface area contributed by atoms with Crippen molar-refractivity contribution in [2.45, 2.75) is 59.4 Å². The molecule has 1 aliphatic rings. The highest BCUT2D eigenvalue weighted by Gasteiger charge is 2.41. The Balaban J connectivity index is 1.89. The quantitative estimate of drug-likeness (QED) is 0.779. The van der Waals surface area contributed by atoms with Crippen molar-refractivity contribution >= 4 is 11.3 Å². The summed E-state index contributed by atoms with van der Waals surface area (Å²) in [5.41, 5.74) is 2.15. The Morgan fingerprint density at radius 2 is 2.12 bits per heavy atom. The standard InChI is InChI=1S/C15H25NS/c1-5-6-15(7-8-15)10-16-12(3)14-9-11(2)17-13(14)4/h9,12,16H,5-8,10H2,1-4H3. The first-order valence-corrected chi connectivity index (χ1v) is 7.68. The van der Waals surface area contributed by atoms with E-state index in [2.05, 4.69) is 39.1 Å². The largest absolute Gasteiger partial charge is 0.310 e. The van der Waals surface area contributed by atoms with Gasteiger partial charge in [-0.2, -0.15) is 0 Å². The zero-order valence-electron chi connectivity index (χ0n) is 11.6. The van der Waals surface area contributed by atoms with E-state index in [-0.39, 0.29) is 0 Å². The highest BCUT2D eigenvalue weighted by atomic mass is 32.1. The predicted molar refractivity (Wildman–Crippen MR) is 76.8 cm³/mol. The van der Waals surface area contributed by atoms with Gasteiger partial charge in [0.2, 0.25) is 0 Å². The number of rotatable bonds is 6. The van der Waals surface area contributed by atoms with Crippen LogP contribution in [-0.4, -0.2) is 6.54 Å². The first kappa shape index (κ1) is 13.1. The minimum absolute atomic E-state index is 0.509. The summed E-state index contributed by atoms with van der Waals surface area (Å²) in [4.78, 5) is 2.91. The first-order valence-electron chi connectivity index (χ1n) is 6.87. The van der Waals surface area contributed by atoms with Gasteiger partial charge in [-0.05, 0) is 57.1 Å². The lowest BCUT2D eigenvalue weighted by Gasteiger charge is -2.19. The van der Waals surface area contributed by atoms with Crippen LogP contribution in [0.25, 0.3) is 0 Å². The van der Waals surface area contributed by atoms with Gasteiger partial charge < -0.3 is 5.32 Å². The van der Waals surface area contributed by atoms with Crippen molar-refractivity contribution < 1.29 is 0 Å². The molecule has 1 saturated carbocycles. The van der Waals surface area contributed by atoms with Gasteiger partial charge in [-0.15, -0.1) is 11.3 Å². The van der Waals surface area contributed by atoms with Gasteiger partial charge >= 0.3 is 0 Å². The molecule has 17 heavy (non-hydrogen) atoms. The summed E-state index contributed by atoms with van der Waals surface area (Å²) in [6.45, 7) is 10.3. The highest BCUT2D eigenvalue weighted by Crippen LogP contribution is 2.49. The summed E-state index contributed by atoms with van der Waals surface area (Å²) >= 11 is 1.92. The molecule has 0 bridgehead atoms. The summed E-state index contributed by atoms with van der Waals surface area (Å²) in [7, 11) is 0. The molecular weight excluding hydrogens is 226 g/mol. The fraction of sp³-hybridized carbons (Fsp3) is 0.733. The molecule has 0 aliphatic heterocycles. The van der Waals surface area contributed by atoms with Gasteiger partial charge in [0.25, 0.3) is 0 Å². The van der Waals surface area contributed by atoms with Crippen LogP contribution in [0.4, 0.5) is 0 Å². The van der Waals surface area contributed by atoms with E-state index in [1.807, 2.05) is 11.3 Å². The predicted octanol–water partition coefficient (Wildman–Crippen LogP) is 4.60. The normalized spacial score (nSPS) is 19.3. The fourth-order valence-electron chi connectivity index (χ4n) is 2.78. The van der Waals surface area contributed by atoms with Gasteiger partial charge in [-0.25, -0.2) is 0 Å². The third-order valence-corrected chi connectivity index (χ3v) is 5.05. The van der Waals surface area contributed by atoms with E-state index in [1.54, 1.807) is 0 Å². The number of aryl methyl sites for hydroxylation is 2. The maximum absolute atomic E-state index is 3.75. The van der Waals surface area contributed by atoms with E-state index in [9.17, 15) is 0 Å². The van der Waals surface area contributed by atoms with Crippen molar-refractivity contribution in [3.8, 4) is 0 Å².